The first-order chi connectivity index (χ1) is 14.4. The summed E-state index contributed by atoms with van der Waals surface area (Å²) >= 11 is 0. The Balaban J connectivity index is 1.43. The van der Waals surface area contributed by atoms with Crippen LogP contribution in [0.4, 0.5) is 5.69 Å². The molecule has 4 rings (SSSR count). The minimum absolute atomic E-state index is 0.385. The number of ether oxygens (including phenoxy) is 1. The Morgan fingerprint density at radius 1 is 1.17 bits per heavy atom. The van der Waals surface area contributed by atoms with Crippen LogP contribution in [0.5, 0.6) is 5.75 Å². The lowest BCUT2D eigenvalue weighted by molar-refractivity contribution is 0.00291. The molecule has 0 aliphatic carbocycles. The van der Waals surface area contributed by atoms with Gasteiger partial charge in [-0.2, -0.15) is 0 Å². The smallest absolute Gasteiger partial charge is 0.229 e. The van der Waals surface area contributed by atoms with Gasteiger partial charge in [0.2, 0.25) is 10.0 Å². The normalized spacial score (nSPS) is 20.0. The maximum atomic E-state index is 11.5. The molecule has 2 aromatic carbocycles. The first-order valence-electron chi connectivity index (χ1n) is 10.1. The van der Waals surface area contributed by atoms with E-state index >= 15 is 0 Å². The third-order valence-electron chi connectivity index (χ3n) is 5.86. The molecule has 2 aromatic rings. The Kier molecular flexibility index (Phi) is 5.71. The van der Waals surface area contributed by atoms with Gasteiger partial charge in [-0.05, 0) is 30.2 Å². The minimum Gasteiger partial charge on any atom is -0.486 e. The van der Waals surface area contributed by atoms with Crippen LogP contribution >= 0.6 is 0 Å². The van der Waals surface area contributed by atoms with Crippen LogP contribution in [0.25, 0.3) is 0 Å². The largest absolute Gasteiger partial charge is 0.486 e. The van der Waals surface area contributed by atoms with Gasteiger partial charge in [-0.3, -0.25) is 4.72 Å². The first-order valence-corrected chi connectivity index (χ1v) is 12.0. The second-order valence-corrected chi connectivity index (χ2v) is 9.92. The van der Waals surface area contributed by atoms with Crippen LogP contribution in [0.15, 0.2) is 53.7 Å². The second-order valence-electron chi connectivity index (χ2n) is 8.17. The highest BCUT2D eigenvalue weighted by Gasteiger charge is 2.42. The molecule has 2 aliphatic rings. The van der Waals surface area contributed by atoms with Crippen molar-refractivity contribution in [3.8, 4) is 5.75 Å². The fourth-order valence-electron chi connectivity index (χ4n) is 4.28. The van der Waals surface area contributed by atoms with Gasteiger partial charge in [0.25, 0.3) is 0 Å². The van der Waals surface area contributed by atoms with Crippen LogP contribution in [0.1, 0.15) is 30.4 Å². The second kappa shape index (κ2) is 8.28. The molecule has 0 saturated carbocycles. The van der Waals surface area contributed by atoms with Crippen LogP contribution in [-0.2, 0) is 16.4 Å². The van der Waals surface area contributed by atoms with Crippen LogP contribution in [-0.4, -0.2) is 55.7 Å². The van der Waals surface area contributed by atoms with Crippen molar-refractivity contribution in [3.05, 3.63) is 59.7 Å². The number of hydrogen-bond acceptors (Lipinski definition) is 6. The molecule has 0 radical (unpaired) electrons. The molecule has 160 valence electrons. The van der Waals surface area contributed by atoms with Crippen molar-refractivity contribution in [2.24, 2.45) is 5.16 Å². The molecule has 0 bridgehead atoms. The van der Waals surface area contributed by atoms with Crippen LogP contribution in [0.2, 0.25) is 0 Å². The maximum Gasteiger partial charge on any atom is 0.229 e. The van der Waals surface area contributed by atoms with Gasteiger partial charge in [0.1, 0.15) is 11.4 Å². The quantitative estimate of drug-likeness (QED) is 0.563. The molecular formula is C22H27N3O4S. The lowest BCUT2D eigenvalue weighted by atomic mass is 9.82. The van der Waals surface area contributed by atoms with Crippen molar-refractivity contribution >= 4 is 21.4 Å². The molecule has 0 aromatic heterocycles. The summed E-state index contributed by atoms with van der Waals surface area (Å²) in [6.45, 7) is 2.86. The molecule has 1 saturated heterocycles. The standard InChI is InChI=1S/C22H27N3O4S/c1-30(27,28)24-18-7-8-21-19(15-18)20(23-26)16-22(29-21)10-13-25(14-11-22)12-9-17-5-3-2-4-6-17/h2-8,15,24,26H,9-14,16H2,1H3. The number of rotatable bonds is 5. The molecule has 2 heterocycles. The minimum atomic E-state index is -3.39. The average Bonchev–Trinajstić information content (AvgIpc) is 2.73. The number of oxime groups is 1. The van der Waals surface area contributed by atoms with E-state index in [1.807, 2.05) is 6.07 Å². The number of nitrogens with zero attached hydrogens (tertiary/aromatic N) is 2. The monoisotopic (exact) mass is 429 g/mol. The summed E-state index contributed by atoms with van der Waals surface area (Å²) in [5.41, 5.74) is 2.54. The number of piperidine rings is 1. The zero-order valence-corrected chi connectivity index (χ0v) is 17.9. The van der Waals surface area contributed by atoms with E-state index in [4.69, 9.17) is 4.74 Å². The average molecular weight is 430 g/mol. The Morgan fingerprint density at radius 2 is 1.90 bits per heavy atom. The molecule has 1 spiro atoms. The predicted octanol–water partition coefficient (Wildman–Crippen LogP) is 3.10. The number of fused-ring (bicyclic) bond motifs is 1. The third kappa shape index (κ3) is 4.76. The van der Waals surface area contributed by atoms with Crippen molar-refractivity contribution in [2.75, 3.05) is 30.6 Å². The highest BCUT2D eigenvalue weighted by molar-refractivity contribution is 7.92. The van der Waals surface area contributed by atoms with Gasteiger partial charge in [-0.15, -0.1) is 0 Å². The van der Waals surface area contributed by atoms with E-state index in [0.717, 1.165) is 45.2 Å². The Labute approximate surface area is 177 Å². The van der Waals surface area contributed by atoms with E-state index in [-0.39, 0.29) is 5.60 Å². The Bertz CT molecular complexity index is 1030. The Morgan fingerprint density at radius 3 is 2.57 bits per heavy atom. The van der Waals surface area contributed by atoms with E-state index < -0.39 is 10.0 Å². The van der Waals surface area contributed by atoms with Gasteiger partial charge < -0.3 is 14.8 Å². The molecule has 0 amide bonds. The number of hydrogen-bond donors (Lipinski definition) is 2. The fourth-order valence-corrected chi connectivity index (χ4v) is 4.83. The van der Waals surface area contributed by atoms with Gasteiger partial charge in [0.05, 0.1) is 12.0 Å². The maximum absolute atomic E-state index is 11.5. The Hall–Kier alpha value is -2.58. The van der Waals surface area contributed by atoms with Crippen molar-refractivity contribution in [1.29, 1.82) is 0 Å². The molecular weight excluding hydrogens is 402 g/mol. The van der Waals surface area contributed by atoms with E-state index in [1.165, 1.54) is 5.56 Å². The number of benzene rings is 2. The molecule has 2 N–H and O–H groups in total. The summed E-state index contributed by atoms with van der Waals surface area (Å²) in [6, 6.07) is 15.6. The van der Waals surface area contributed by atoms with Crippen LogP contribution in [0.3, 0.4) is 0 Å². The van der Waals surface area contributed by atoms with Crippen molar-refractivity contribution in [1.82, 2.24) is 4.90 Å². The summed E-state index contributed by atoms with van der Waals surface area (Å²) in [5, 5.41) is 13.1. The lowest BCUT2D eigenvalue weighted by Gasteiger charge is -2.44. The molecule has 7 nitrogen and oxygen atoms in total. The van der Waals surface area contributed by atoms with Crippen molar-refractivity contribution in [2.45, 2.75) is 31.3 Å². The summed E-state index contributed by atoms with van der Waals surface area (Å²) < 4.78 is 31.9. The van der Waals surface area contributed by atoms with E-state index in [9.17, 15) is 13.6 Å². The van der Waals surface area contributed by atoms with E-state index in [1.54, 1.807) is 18.2 Å². The van der Waals surface area contributed by atoms with Gasteiger partial charge >= 0.3 is 0 Å². The first kappa shape index (κ1) is 20.7. The summed E-state index contributed by atoms with van der Waals surface area (Å²) in [7, 11) is -3.39. The number of anilines is 1. The third-order valence-corrected chi connectivity index (χ3v) is 6.46. The number of nitrogens with one attached hydrogen (secondary N) is 1. The molecule has 8 heteroatoms. The lowest BCUT2D eigenvalue weighted by Crippen LogP contribution is -2.51. The van der Waals surface area contributed by atoms with Crippen LogP contribution < -0.4 is 9.46 Å². The molecule has 1 fully saturated rings. The van der Waals surface area contributed by atoms with Crippen molar-refractivity contribution < 1.29 is 18.4 Å². The SMILES string of the molecule is CS(=O)(=O)Nc1ccc2c(c1)C(=NO)CC1(CCN(CCc3ccccc3)CC1)O2. The van der Waals surface area contributed by atoms with E-state index in [0.29, 0.717) is 29.1 Å². The van der Waals surface area contributed by atoms with Crippen molar-refractivity contribution in [3.63, 3.8) is 0 Å². The van der Waals surface area contributed by atoms with Gasteiger partial charge in [-0.25, -0.2) is 8.42 Å². The van der Waals surface area contributed by atoms with E-state index in [2.05, 4.69) is 39.0 Å². The fraction of sp³-hybridized carbons (Fsp3) is 0.409. The topological polar surface area (TPSA) is 91.2 Å². The highest BCUT2D eigenvalue weighted by Crippen LogP contribution is 2.40. The highest BCUT2D eigenvalue weighted by atomic mass is 32.2. The number of sulfonamides is 1. The van der Waals surface area contributed by atoms with Gasteiger partial charge in [-0.1, -0.05) is 35.5 Å². The zero-order chi connectivity index (χ0) is 21.2. The molecule has 30 heavy (non-hydrogen) atoms. The number of likely N-dealkylation sites (tertiary alicyclic amines) is 1. The zero-order valence-electron chi connectivity index (χ0n) is 17.0. The summed E-state index contributed by atoms with van der Waals surface area (Å²) in [6.07, 6.45) is 4.33. The van der Waals surface area contributed by atoms with Gasteiger partial charge in [0.15, 0.2) is 0 Å². The summed E-state index contributed by atoms with van der Waals surface area (Å²) in [4.78, 5) is 2.45. The van der Waals surface area contributed by atoms with Gasteiger partial charge in [0, 0.05) is 50.1 Å². The van der Waals surface area contributed by atoms with Crippen LogP contribution in [0, 0.1) is 0 Å². The summed E-state index contributed by atoms with van der Waals surface area (Å²) in [5.74, 6) is 0.630. The predicted molar refractivity (Wildman–Crippen MR) is 117 cm³/mol. The molecule has 2 aliphatic heterocycles. The molecule has 0 unspecified atom stereocenters. The molecule has 0 atom stereocenters.